The van der Waals surface area contributed by atoms with Crippen molar-refractivity contribution in [3.63, 3.8) is 0 Å². The molecular formula is C25H35N3O+2. The second kappa shape index (κ2) is 10.0. The SMILES string of the molecule is O=C(C[NH+]1CCC([NH+]2CCCCC2)CC1)NC(c1ccccc1)c1ccccc1. The van der Waals surface area contributed by atoms with Crippen molar-refractivity contribution in [1.82, 2.24) is 5.32 Å². The average Bonchev–Trinajstić information content (AvgIpc) is 2.80. The molecule has 2 fully saturated rings. The summed E-state index contributed by atoms with van der Waals surface area (Å²) in [4.78, 5) is 16.2. The summed E-state index contributed by atoms with van der Waals surface area (Å²) in [6, 6.07) is 21.3. The quantitative estimate of drug-likeness (QED) is 0.673. The molecule has 1 amide bonds. The van der Waals surface area contributed by atoms with Gasteiger partial charge in [0, 0.05) is 12.8 Å². The van der Waals surface area contributed by atoms with Crippen LogP contribution in [0, 0.1) is 0 Å². The van der Waals surface area contributed by atoms with Gasteiger partial charge in [-0.05, 0) is 30.4 Å². The van der Waals surface area contributed by atoms with E-state index < -0.39 is 0 Å². The Hall–Kier alpha value is -2.17. The van der Waals surface area contributed by atoms with Crippen LogP contribution in [-0.2, 0) is 4.79 Å². The third-order valence-electron chi connectivity index (χ3n) is 6.75. The van der Waals surface area contributed by atoms with Crippen molar-refractivity contribution in [2.24, 2.45) is 0 Å². The highest BCUT2D eigenvalue weighted by molar-refractivity contribution is 5.77. The van der Waals surface area contributed by atoms with Gasteiger partial charge in [-0.15, -0.1) is 0 Å². The molecule has 2 aliphatic heterocycles. The number of benzene rings is 2. The highest BCUT2D eigenvalue weighted by atomic mass is 16.2. The average molecular weight is 394 g/mol. The normalized spacial score (nSPS) is 23.1. The molecule has 0 radical (unpaired) electrons. The molecule has 3 N–H and O–H groups in total. The molecule has 0 bridgehead atoms. The van der Waals surface area contributed by atoms with Crippen molar-refractivity contribution in [1.29, 1.82) is 0 Å². The largest absolute Gasteiger partial charge is 0.340 e. The molecule has 0 spiro atoms. The Morgan fingerprint density at radius 1 is 0.828 bits per heavy atom. The van der Waals surface area contributed by atoms with Gasteiger partial charge in [0.25, 0.3) is 5.91 Å². The second-order valence-corrected chi connectivity index (χ2v) is 8.74. The first kappa shape index (κ1) is 20.1. The minimum absolute atomic E-state index is 0.0837. The van der Waals surface area contributed by atoms with Crippen molar-refractivity contribution >= 4 is 5.91 Å². The van der Waals surface area contributed by atoms with Gasteiger partial charge >= 0.3 is 0 Å². The summed E-state index contributed by atoms with van der Waals surface area (Å²) in [6.45, 7) is 5.55. The van der Waals surface area contributed by atoms with E-state index in [2.05, 4.69) is 29.6 Å². The monoisotopic (exact) mass is 393 g/mol. The van der Waals surface area contributed by atoms with Crippen LogP contribution in [0.25, 0.3) is 0 Å². The second-order valence-electron chi connectivity index (χ2n) is 8.74. The Bertz CT molecular complexity index is 711. The molecule has 0 aliphatic carbocycles. The van der Waals surface area contributed by atoms with Gasteiger partial charge in [0.05, 0.1) is 38.3 Å². The van der Waals surface area contributed by atoms with E-state index >= 15 is 0 Å². The number of quaternary nitrogens is 2. The van der Waals surface area contributed by atoms with Crippen LogP contribution in [0.5, 0.6) is 0 Å². The van der Waals surface area contributed by atoms with Crippen LogP contribution in [0.15, 0.2) is 60.7 Å². The van der Waals surface area contributed by atoms with Gasteiger partial charge in [-0.2, -0.15) is 0 Å². The smallest absolute Gasteiger partial charge is 0.275 e. The lowest BCUT2D eigenvalue weighted by molar-refractivity contribution is -0.958. The number of carbonyl (C=O) groups is 1. The maximum absolute atomic E-state index is 12.9. The number of amides is 1. The predicted molar refractivity (Wildman–Crippen MR) is 116 cm³/mol. The van der Waals surface area contributed by atoms with E-state index in [9.17, 15) is 4.79 Å². The van der Waals surface area contributed by atoms with Crippen LogP contribution < -0.4 is 15.1 Å². The highest BCUT2D eigenvalue weighted by Crippen LogP contribution is 2.21. The van der Waals surface area contributed by atoms with E-state index in [0.717, 1.165) is 30.3 Å². The highest BCUT2D eigenvalue weighted by Gasteiger charge is 2.31. The molecule has 0 aromatic heterocycles. The van der Waals surface area contributed by atoms with Crippen molar-refractivity contribution < 1.29 is 14.6 Å². The first-order valence-electron chi connectivity index (χ1n) is 11.4. The zero-order chi connectivity index (χ0) is 19.9. The summed E-state index contributed by atoms with van der Waals surface area (Å²) in [5.41, 5.74) is 2.27. The Kier molecular flexibility index (Phi) is 6.96. The van der Waals surface area contributed by atoms with Crippen LogP contribution in [0.2, 0.25) is 0 Å². The van der Waals surface area contributed by atoms with Crippen LogP contribution in [0.4, 0.5) is 0 Å². The molecular weight excluding hydrogens is 358 g/mol. The van der Waals surface area contributed by atoms with Crippen LogP contribution in [-0.4, -0.2) is 44.7 Å². The molecule has 29 heavy (non-hydrogen) atoms. The number of hydrogen-bond acceptors (Lipinski definition) is 1. The van der Waals surface area contributed by atoms with Crippen LogP contribution >= 0.6 is 0 Å². The summed E-state index contributed by atoms with van der Waals surface area (Å²) in [5, 5.41) is 3.31. The first-order valence-corrected chi connectivity index (χ1v) is 11.4. The van der Waals surface area contributed by atoms with Gasteiger partial charge in [0.15, 0.2) is 6.54 Å². The van der Waals surface area contributed by atoms with Crippen molar-refractivity contribution in [2.45, 2.75) is 44.2 Å². The molecule has 2 aliphatic rings. The molecule has 154 valence electrons. The minimum Gasteiger partial charge on any atom is -0.340 e. The van der Waals surface area contributed by atoms with Crippen LogP contribution in [0.1, 0.15) is 49.3 Å². The zero-order valence-corrected chi connectivity index (χ0v) is 17.4. The number of carbonyl (C=O) groups excluding carboxylic acids is 1. The summed E-state index contributed by atoms with van der Waals surface area (Å²) >= 11 is 0. The molecule has 0 saturated carbocycles. The molecule has 4 heteroatoms. The topological polar surface area (TPSA) is 38.0 Å². The Morgan fingerprint density at radius 3 is 1.93 bits per heavy atom. The molecule has 2 aromatic rings. The van der Waals surface area contributed by atoms with Gasteiger partial charge in [-0.3, -0.25) is 4.79 Å². The number of piperidine rings is 2. The molecule has 0 atom stereocenters. The van der Waals surface area contributed by atoms with Gasteiger partial charge in [-0.1, -0.05) is 60.7 Å². The Balaban J connectivity index is 1.33. The number of likely N-dealkylation sites (tertiary alicyclic amines) is 2. The maximum Gasteiger partial charge on any atom is 0.275 e. The van der Waals surface area contributed by atoms with E-state index in [0.29, 0.717) is 6.54 Å². The predicted octanol–water partition coefficient (Wildman–Crippen LogP) is 1.01. The van der Waals surface area contributed by atoms with E-state index in [4.69, 9.17) is 0 Å². The number of nitrogens with one attached hydrogen (secondary N) is 3. The standard InChI is InChI=1S/C25H33N3O/c29-24(20-27-18-14-23(15-19-27)28-16-8-3-9-17-28)26-25(21-10-4-1-5-11-21)22-12-6-2-7-13-22/h1-2,4-7,10-13,23,25H,3,8-9,14-20H2,(H,26,29)/p+2. The van der Waals surface area contributed by atoms with E-state index in [1.165, 1.54) is 50.1 Å². The van der Waals surface area contributed by atoms with E-state index in [1.807, 2.05) is 41.3 Å². The lowest BCUT2D eigenvalue weighted by Crippen LogP contribution is -3.21. The number of rotatable bonds is 6. The summed E-state index contributed by atoms with van der Waals surface area (Å²) in [7, 11) is 0. The number of hydrogen-bond donors (Lipinski definition) is 3. The van der Waals surface area contributed by atoms with Crippen molar-refractivity contribution in [3.05, 3.63) is 71.8 Å². The minimum atomic E-state index is -0.0837. The molecule has 2 saturated heterocycles. The van der Waals surface area contributed by atoms with E-state index in [-0.39, 0.29) is 11.9 Å². The van der Waals surface area contributed by atoms with E-state index in [1.54, 1.807) is 0 Å². The Morgan fingerprint density at radius 2 is 1.38 bits per heavy atom. The fraction of sp³-hybridized carbons (Fsp3) is 0.480. The third kappa shape index (κ3) is 5.46. The first-order chi connectivity index (χ1) is 14.3. The molecule has 2 heterocycles. The Labute approximate surface area is 174 Å². The fourth-order valence-electron chi connectivity index (χ4n) is 5.11. The molecule has 2 aromatic carbocycles. The van der Waals surface area contributed by atoms with Gasteiger partial charge < -0.3 is 15.1 Å². The van der Waals surface area contributed by atoms with Crippen molar-refractivity contribution in [2.75, 3.05) is 32.7 Å². The zero-order valence-electron chi connectivity index (χ0n) is 17.4. The fourth-order valence-corrected chi connectivity index (χ4v) is 5.11. The molecule has 4 rings (SSSR count). The molecule has 0 unspecified atom stereocenters. The summed E-state index contributed by atoms with van der Waals surface area (Å²) in [6.07, 6.45) is 6.73. The summed E-state index contributed by atoms with van der Waals surface area (Å²) < 4.78 is 0. The third-order valence-corrected chi connectivity index (χ3v) is 6.75. The lowest BCUT2D eigenvalue weighted by Gasteiger charge is -2.36. The van der Waals surface area contributed by atoms with Gasteiger partial charge in [0.1, 0.15) is 0 Å². The van der Waals surface area contributed by atoms with Gasteiger partial charge in [0.2, 0.25) is 0 Å². The van der Waals surface area contributed by atoms with Crippen LogP contribution in [0.3, 0.4) is 0 Å². The lowest BCUT2D eigenvalue weighted by atomic mass is 9.98. The maximum atomic E-state index is 12.9. The van der Waals surface area contributed by atoms with Crippen molar-refractivity contribution in [3.8, 4) is 0 Å². The summed E-state index contributed by atoms with van der Waals surface area (Å²) in [5.74, 6) is 0.154. The van der Waals surface area contributed by atoms with Gasteiger partial charge in [-0.25, -0.2) is 0 Å². The molecule has 4 nitrogen and oxygen atoms in total.